The molecular weight excluding hydrogens is 348 g/mol. The molecule has 0 aliphatic rings. The molecule has 3 N–H and O–H groups in total. The fourth-order valence-corrected chi connectivity index (χ4v) is 2.45. The maximum Gasteiger partial charge on any atom is 0.340 e. The number of hydrogen-bond acceptors (Lipinski definition) is 5. The molecule has 1 unspecified atom stereocenters. The molecule has 0 spiro atoms. The molecule has 0 saturated heterocycles. The number of carboxylic acid groups (broad SMARTS) is 1. The Balaban J connectivity index is 2.00. The molecule has 0 aliphatic heterocycles. The van der Waals surface area contributed by atoms with Crippen LogP contribution in [0.5, 0.6) is 0 Å². The Morgan fingerprint density at radius 3 is 2.37 bits per heavy atom. The quantitative estimate of drug-likeness (QED) is 0.586. The smallest absolute Gasteiger partial charge is 0.340 e. The summed E-state index contributed by atoms with van der Waals surface area (Å²) in [5, 5.41) is 14.8. The molecule has 1 amide bonds. The monoisotopic (exact) mass is 370 g/mol. The van der Waals surface area contributed by atoms with Gasteiger partial charge in [0.15, 0.2) is 0 Å². The molecule has 0 aliphatic carbocycles. The van der Waals surface area contributed by atoms with Gasteiger partial charge in [-0.1, -0.05) is 42.5 Å². The molecule has 27 heavy (non-hydrogen) atoms. The molecule has 0 bridgehead atoms. The lowest BCUT2D eigenvalue weighted by atomic mass is 10.1. The summed E-state index contributed by atoms with van der Waals surface area (Å²) in [6, 6.07) is 14.7. The van der Waals surface area contributed by atoms with Crippen molar-refractivity contribution in [1.29, 1.82) is 0 Å². The molecule has 1 atom stereocenters. The van der Waals surface area contributed by atoms with Crippen molar-refractivity contribution in [2.75, 3.05) is 11.9 Å². The maximum absolute atomic E-state index is 12.3. The van der Waals surface area contributed by atoms with Gasteiger partial charge in [-0.15, -0.1) is 0 Å². The number of anilines is 1. The number of nitrogens with one attached hydrogen (secondary N) is 2. The van der Waals surface area contributed by atoms with E-state index in [4.69, 9.17) is 4.74 Å². The van der Waals surface area contributed by atoms with Gasteiger partial charge in [-0.3, -0.25) is 14.9 Å². The highest BCUT2D eigenvalue weighted by Gasteiger charge is 2.22. The van der Waals surface area contributed by atoms with Gasteiger partial charge in [-0.25, -0.2) is 4.79 Å². The molecule has 142 valence electrons. The summed E-state index contributed by atoms with van der Waals surface area (Å²) in [6.07, 6.45) is -0.278. The van der Waals surface area contributed by atoms with E-state index < -0.39 is 23.9 Å². The van der Waals surface area contributed by atoms with Gasteiger partial charge in [0.2, 0.25) is 5.91 Å². The Morgan fingerprint density at radius 1 is 1.04 bits per heavy atom. The van der Waals surface area contributed by atoms with E-state index in [1.54, 1.807) is 25.1 Å². The molecule has 7 heteroatoms. The zero-order valence-corrected chi connectivity index (χ0v) is 15.0. The van der Waals surface area contributed by atoms with E-state index in [9.17, 15) is 19.5 Å². The summed E-state index contributed by atoms with van der Waals surface area (Å²) in [6.45, 7) is 2.23. The van der Waals surface area contributed by atoms with Gasteiger partial charge in [-0.05, 0) is 24.6 Å². The first-order valence-electron chi connectivity index (χ1n) is 8.57. The molecule has 2 rings (SSSR count). The summed E-state index contributed by atoms with van der Waals surface area (Å²) >= 11 is 0. The third kappa shape index (κ3) is 6.23. The van der Waals surface area contributed by atoms with Crippen molar-refractivity contribution in [3.8, 4) is 0 Å². The van der Waals surface area contributed by atoms with E-state index in [1.165, 1.54) is 6.07 Å². The number of carboxylic acids is 1. The van der Waals surface area contributed by atoms with E-state index in [0.29, 0.717) is 6.54 Å². The fourth-order valence-electron chi connectivity index (χ4n) is 2.45. The zero-order chi connectivity index (χ0) is 19.6. The Bertz CT molecular complexity index is 792. The summed E-state index contributed by atoms with van der Waals surface area (Å²) in [7, 11) is 0. The molecule has 0 aromatic heterocycles. The van der Waals surface area contributed by atoms with Crippen LogP contribution in [0, 0.1) is 0 Å². The lowest BCUT2D eigenvalue weighted by Crippen LogP contribution is -2.39. The number of carbonyl (C=O) groups excluding carboxylic acids is 2. The Morgan fingerprint density at radius 2 is 1.70 bits per heavy atom. The van der Waals surface area contributed by atoms with Crippen LogP contribution < -0.4 is 10.6 Å². The minimum absolute atomic E-state index is 0.214. The fraction of sp³-hybridized carbons (Fsp3) is 0.250. The van der Waals surface area contributed by atoms with E-state index in [2.05, 4.69) is 10.6 Å². The molecular formula is C20H22N2O5. The van der Waals surface area contributed by atoms with Crippen molar-refractivity contribution in [2.45, 2.75) is 25.9 Å². The van der Waals surface area contributed by atoms with Crippen molar-refractivity contribution >= 4 is 23.5 Å². The van der Waals surface area contributed by atoms with Gasteiger partial charge in [0, 0.05) is 6.54 Å². The highest BCUT2D eigenvalue weighted by Crippen LogP contribution is 2.17. The summed E-state index contributed by atoms with van der Waals surface area (Å²) < 4.78 is 4.96. The predicted octanol–water partition coefficient (Wildman–Crippen LogP) is 2.43. The van der Waals surface area contributed by atoms with Gasteiger partial charge >= 0.3 is 11.9 Å². The topological polar surface area (TPSA) is 105 Å². The van der Waals surface area contributed by atoms with Crippen LogP contribution in [0.3, 0.4) is 0 Å². The molecule has 0 heterocycles. The molecule has 2 aromatic rings. The third-order valence-corrected chi connectivity index (χ3v) is 3.78. The zero-order valence-electron chi connectivity index (χ0n) is 15.0. The van der Waals surface area contributed by atoms with Crippen LogP contribution in [0.1, 0.15) is 29.3 Å². The van der Waals surface area contributed by atoms with Crippen molar-refractivity contribution in [3.05, 3.63) is 65.7 Å². The van der Waals surface area contributed by atoms with Crippen LogP contribution >= 0.6 is 0 Å². The minimum atomic E-state index is -1.13. The molecule has 0 saturated carbocycles. The number of rotatable bonds is 9. The third-order valence-electron chi connectivity index (χ3n) is 3.78. The van der Waals surface area contributed by atoms with Gasteiger partial charge < -0.3 is 15.2 Å². The largest absolute Gasteiger partial charge is 0.480 e. The minimum Gasteiger partial charge on any atom is -0.480 e. The van der Waals surface area contributed by atoms with Gasteiger partial charge in [0.1, 0.15) is 6.04 Å². The number of amides is 1. The van der Waals surface area contributed by atoms with Crippen LogP contribution in [0.4, 0.5) is 5.69 Å². The number of benzene rings is 2. The second-order valence-electron chi connectivity index (χ2n) is 5.78. The summed E-state index contributed by atoms with van der Waals surface area (Å²) in [5.74, 6) is -2.19. The Kier molecular flexibility index (Phi) is 7.51. The highest BCUT2D eigenvalue weighted by molar-refractivity contribution is 6.02. The van der Waals surface area contributed by atoms with Gasteiger partial charge in [0.25, 0.3) is 0 Å². The predicted molar refractivity (Wildman–Crippen MR) is 100 cm³/mol. The van der Waals surface area contributed by atoms with Crippen LogP contribution in [-0.4, -0.2) is 35.6 Å². The van der Waals surface area contributed by atoms with E-state index >= 15 is 0 Å². The van der Waals surface area contributed by atoms with Crippen molar-refractivity contribution < 1.29 is 24.2 Å². The molecule has 0 fully saturated rings. The average molecular weight is 370 g/mol. The summed E-state index contributed by atoms with van der Waals surface area (Å²) in [4.78, 5) is 35.7. The first kappa shape index (κ1) is 20.1. The Hall–Kier alpha value is -3.19. The van der Waals surface area contributed by atoms with E-state index in [0.717, 1.165) is 5.56 Å². The van der Waals surface area contributed by atoms with Crippen LogP contribution in [-0.2, 0) is 20.9 Å². The highest BCUT2D eigenvalue weighted by atomic mass is 16.5. The Labute approximate surface area is 157 Å². The van der Waals surface area contributed by atoms with Crippen molar-refractivity contribution in [1.82, 2.24) is 5.32 Å². The van der Waals surface area contributed by atoms with E-state index in [1.807, 2.05) is 30.3 Å². The SMILES string of the molecule is CCOC(=O)c1ccccc1NC(=O)CC(NCc1ccccc1)C(=O)O. The number of aliphatic carboxylic acids is 1. The summed E-state index contributed by atoms with van der Waals surface area (Å²) in [5.41, 5.74) is 1.42. The molecule has 2 aromatic carbocycles. The number of esters is 1. The standard InChI is InChI=1S/C20H22N2O5/c1-2-27-20(26)15-10-6-7-11-16(15)22-18(23)12-17(19(24)25)21-13-14-8-4-3-5-9-14/h3-11,17,21H,2,12-13H2,1H3,(H,22,23)(H,24,25). The normalized spacial score (nSPS) is 11.4. The first-order chi connectivity index (χ1) is 13.0. The van der Waals surface area contributed by atoms with Crippen LogP contribution in [0.15, 0.2) is 54.6 Å². The number of ether oxygens (including phenoxy) is 1. The maximum atomic E-state index is 12.3. The number of carbonyl (C=O) groups is 3. The molecule has 0 radical (unpaired) electrons. The second kappa shape index (κ2) is 10.1. The molecule has 7 nitrogen and oxygen atoms in total. The van der Waals surface area contributed by atoms with Crippen LogP contribution in [0.2, 0.25) is 0 Å². The number of para-hydroxylation sites is 1. The lowest BCUT2D eigenvalue weighted by molar-refractivity contribution is -0.141. The van der Waals surface area contributed by atoms with Crippen LogP contribution in [0.25, 0.3) is 0 Å². The second-order valence-corrected chi connectivity index (χ2v) is 5.78. The number of hydrogen-bond donors (Lipinski definition) is 3. The lowest BCUT2D eigenvalue weighted by Gasteiger charge is -2.15. The average Bonchev–Trinajstić information content (AvgIpc) is 2.66. The van der Waals surface area contributed by atoms with E-state index in [-0.39, 0.29) is 24.3 Å². The van der Waals surface area contributed by atoms with Crippen molar-refractivity contribution in [2.24, 2.45) is 0 Å². The van der Waals surface area contributed by atoms with Gasteiger partial charge in [-0.2, -0.15) is 0 Å². The first-order valence-corrected chi connectivity index (χ1v) is 8.57. The van der Waals surface area contributed by atoms with Gasteiger partial charge in [0.05, 0.1) is 24.3 Å². The van der Waals surface area contributed by atoms with Crippen molar-refractivity contribution in [3.63, 3.8) is 0 Å².